The van der Waals surface area contributed by atoms with Gasteiger partial charge in [-0.05, 0) is 63.3 Å². The molecule has 3 rings (SSSR count). The molecule has 3 aliphatic carbocycles. The predicted octanol–water partition coefficient (Wildman–Crippen LogP) is 3.28. The van der Waals surface area contributed by atoms with E-state index in [0.717, 1.165) is 29.8 Å². The first-order chi connectivity index (χ1) is 9.25. The normalized spacial score (nSPS) is 32.2. The summed E-state index contributed by atoms with van der Waals surface area (Å²) in [5.41, 5.74) is 0. The van der Waals surface area contributed by atoms with Gasteiger partial charge in [-0.3, -0.25) is 0 Å². The smallest absolute Gasteiger partial charge is 0.0124 e. The second-order valence-electron chi connectivity index (χ2n) is 7.46. The number of rotatable bonds is 7. The zero-order valence-electron chi connectivity index (χ0n) is 12.9. The molecule has 110 valence electrons. The molecule has 0 aromatic rings. The molecule has 0 aliphatic heterocycles. The third-order valence-corrected chi connectivity index (χ3v) is 5.74. The standard InChI is InChI=1S/C17H32N2/c1-13-5-3-4-6-16(13)19(2)12-11-18-17(14-7-8-14)15-9-10-15/h13-18H,3-12H2,1-2H3. The van der Waals surface area contributed by atoms with E-state index in [1.807, 2.05) is 0 Å². The van der Waals surface area contributed by atoms with Crippen LogP contribution in [0.25, 0.3) is 0 Å². The van der Waals surface area contributed by atoms with Gasteiger partial charge in [0.2, 0.25) is 0 Å². The van der Waals surface area contributed by atoms with Crippen molar-refractivity contribution in [2.24, 2.45) is 17.8 Å². The molecule has 2 heteroatoms. The predicted molar refractivity (Wildman–Crippen MR) is 81.3 cm³/mol. The highest BCUT2D eigenvalue weighted by atomic mass is 15.2. The Hall–Kier alpha value is -0.0800. The van der Waals surface area contributed by atoms with E-state index in [2.05, 4.69) is 24.2 Å². The fourth-order valence-corrected chi connectivity index (χ4v) is 4.15. The van der Waals surface area contributed by atoms with Gasteiger partial charge in [0.1, 0.15) is 0 Å². The molecular formula is C17H32N2. The SMILES string of the molecule is CC1CCCCC1N(C)CCNC(C1CC1)C1CC1. The van der Waals surface area contributed by atoms with E-state index in [9.17, 15) is 0 Å². The van der Waals surface area contributed by atoms with Crippen LogP contribution in [-0.4, -0.2) is 37.1 Å². The average Bonchev–Trinajstić information content (AvgIpc) is 3.28. The van der Waals surface area contributed by atoms with E-state index < -0.39 is 0 Å². The molecule has 0 heterocycles. The van der Waals surface area contributed by atoms with Crippen molar-refractivity contribution in [3.8, 4) is 0 Å². The molecule has 3 saturated carbocycles. The quantitative estimate of drug-likeness (QED) is 0.759. The lowest BCUT2D eigenvalue weighted by atomic mass is 9.85. The van der Waals surface area contributed by atoms with Crippen LogP contribution in [-0.2, 0) is 0 Å². The number of nitrogens with zero attached hydrogens (tertiary/aromatic N) is 1. The van der Waals surface area contributed by atoms with Gasteiger partial charge in [0.05, 0.1) is 0 Å². The van der Waals surface area contributed by atoms with Gasteiger partial charge in [0, 0.05) is 25.2 Å². The van der Waals surface area contributed by atoms with Crippen molar-refractivity contribution in [3.63, 3.8) is 0 Å². The highest BCUT2D eigenvalue weighted by molar-refractivity contribution is 4.96. The zero-order chi connectivity index (χ0) is 13.2. The van der Waals surface area contributed by atoms with Crippen LogP contribution < -0.4 is 5.32 Å². The van der Waals surface area contributed by atoms with E-state index in [1.165, 1.54) is 64.5 Å². The second-order valence-corrected chi connectivity index (χ2v) is 7.46. The summed E-state index contributed by atoms with van der Waals surface area (Å²) in [5, 5.41) is 3.89. The Morgan fingerprint density at radius 2 is 1.63 bits per heavy atom. The van der Waals surface area contributed by atoms with E-state index in [0.29, 0.717) is 0 Å². The van der Waals surface area contributed by atoms with Gasteiger partial charge in [-0.1, -0.05) is 19.8 Å². The summed E-state index contributed by atoms with van der Waals surface area (Å²) >= 11 is 0. The van der Waals surface area contributed by atoms with Gasteiger partial charge in [0.25, 0.3) is 0 Å². The Morgan fingerprint density at radius 1 is 1.00 bits per heavy atom. The Kier molecular flexibility index (Phi) is 4.48. The summed E-state index contributed by atoms with van der Waals surface area (Å²) in [6.45, 7) is 4.90. The Labute approximate surface area is 119 Å². The Bertz CT molecular complexity index is 271. The molecule has 0 spiro atoms. The van der Waals surface area contributed by atoms with Gasteiger partial charge < -0.3 is 10.2 Å². The molecule has 3 fully saturated rings. The molecular weight excluding hydrogens is 232 g/mol. The Morgan fingerprint density at radius 3 is 2.21 bits per heavy atom. The molecule has 19 heavy (non-hydrogen) atoms. The van der Waals surface area contributed by atoms with E-state index >= 15 is 0 Å². The van der Waals surface area contributed by atoms with E-state index in [-0.39, 0.29) is 0 Å². The van der Waals surface area contributed by atoms with Gasteiger partial charge >= 0.3 is 0 Å². The Balaban J connectivity index is 1.38. The van der Waals surface area contributed by atoms with Crippen LogP contribution in [0.5, 0.6) is 0 Å². The lowest BCUT2D eigenvalue weighted by Gasteiger charge is -2.36. The summed E-state index contributed by atoms with van der Waals surface area (Å²) in [6, 6.07) is 1.72. The highest BCUT2D eigenvalue weighted by Crippen LogP contribution is 2.44. The lowest BCUT2D eigenvalue weighted by molar-refractivity contribution is 0.138. The number of nitrogens with one attached hydrogen (secondary N) is 1. The van der Waals surface area contributed by atoms with Crippen LogP contribution in [0.4, 0.5) is 0 Å². The molecule has 2 nitrogen and oxygen atoms in total. The second kappa shape index (κ2) is 6.13. The molecule has 1 N–H and O–H groups in total. The molecule has 0 radical (unpaired) electrons. The average molecular weight is 264 g/mol. The first kappa shape index (κ1) is 13.9. The molecule has 2 atom stereocenters. The third kappa shape index (κ3) is 3.72. The number of hydrogen-bond donors (Lipinski definition) is 1. The van der Waals surface area contributed by atoms with Crippen LogP contribution in [0.2, 0.25) is 0 Å². The first-order valence-electron chi connectivity index (χ1n) is 8.69. The van der Waals surface area contributed by atoms with Crippen molar-refractivity contribution in [1.82, 2.24) is 10.2 Å². The van der Waals surface area contributed by atoms with Crippen molar-refractivity contribution < 1.29 is 0 Å². The van der Waals surface area contributed by atoms with Crippen LogP contribution >= 0.6 is 0 Å². The minimum Gasteiger partial charge on any atom is -0.312 e. The maximum atomic E-state index is 3.89. The summed E-state index contributed by atoms with van der Waals surface area (Å²) in [5.74, 6) is 2.97. The molecule has 0 aromatic heterocycles. The fourth-order valence-electron chi connectivity index (χ4n) is 4.15. The van der Waals surface area contributed by atoms with Gasteiger partial charge in [0.15, 0.2) is 0 Å². The van der Waals surface area contributed by atoms with Gasteiger partial charge in [-0.25, -0.2) is 0 Å². The summed E-state index contributed by atoms with van der Waals surface area (Å²) in [7, 11) is 2.34. The van der Waals surface area contributed by atoms with Crippen molar-refractivity contribution >= 4 is 0 Å². The van der Waals surface area contributed by atoms with Crippen molar-refractivity contribution in [2.45, 2.75) is 70.4 Å². The number of likely N-dealkylation sites (N-methyl/N-ethyl adjacent to an activating group) is 1. The van der Waals surface area contributed by atoms with Crippen LogP contribution in [0.3, 0.4) is 0 Å². The third-order valence-electron chi connectivity index (χ3n) is 5.74. The van der Waals surface area contributed by atoms with Crippen LogP contribution in [0.15, 0.2) is 0 Å². The minimum absolute atomic E-state index is 0.843. The highest BCUT2D eigenvalue weighted by Gasteiger charge is 2.40. The summed E-state index contributed by atoms with van der Waals surface area (Å²) in [4.78, 5) is 2.63. The molecule has 0 amide bonds. The molecule has 2 unspecified atom stereocenters. The first-order valence-corrected chi connectivity index (χ1v) is 8.69. The monoisotopic (exact) mass is 264 g/mol. The van der Waals surface area contributed by atoms with Crippen molar-refractivity contribution in [1.29, 1.82) is 0 Å². The maximum absolute atomic E-state index is 3.89. The van der Waals surface area contributed by atoms with Gasteiger partial charge in [-0.15, -0.1) is 0 Å². The largest absolute Gasteiger partial charge is 0.312 e. The van der Waals surface area contributed by atoms with Gasteiger partial charge in [-0.2, -0.15) is 0 Å². The zero-order valence-corrected chi connectivity index (χ0v) is 12.9. The van der Waals surface area contributed by atoms with E-state index in [1.54, 1.807) is 0 Å². The van der Waals surface area contributed by atoms with Crippen molar-refractivity contribution in [2.75, 3.05) is 20.1 Å². The fraction of sp³-hybridized carbons (Fsp3) is 1.00. The molecule has 0 saturated heterocycles. The van der Waals surface area contributed by atoms with E-state index in [4.69, 9.17) is 0 Å². The van der Waals surface area contributed by atoms with Crippen LogP contribution in [0.1, 0.15) is 58.3 Å². The topological polar surface area (TPSA) is 15.3 Å². The van der Waals surface area contributed by atoms with Crippen LogP contribution in [0, 0.1) is 17.8 Å². The molecule has 3 aliphatic rings. The molecule has 0 aromatic carbocycles. The number of hydrogen-bond acceptors (Lipinski definition) is 2. The maximum Gasteiger partial charge on any atom is 0.0124 e. The lowest BCUT2D eigenvalue weighted by Crippen LogP contribution is -2.44. The van der Waals surface area contributed by atoms with Crippen molar-refractivity contribution in [3.05, 3.63) is 0 Å². The summed E-state index contributed by atoms with van der Waals surface area (Å²) < 4.78 is 0. The molecule has 0 bridgehead atoms. The minimum atomic E-state index is 0.843. The summed E-state index contributed by atoms with van der Waals surface area (Å²) in [6.07, 6.45) is 11.7.